The van der Waals surface area contributed by atoms with Crippen LogP contribution in [0.1, 0.15) is 33.9 Å². The maximum absolute atomic E-state index is 13.9. The van der Waals surface area contributed by atoms with Crippen LogP contribution >= 0.6 is 0 Å². The van der Waals surface area contributed by atoms with E-state index >= 15 is 0 Å². The molecule has 0 amide bonds. The summed E-state index contributed by atoms with van der Waals surface area (Å²) in [4.78, 5) is 71.9. The van der Waals surface area contributed by atoms with Gasteiger partial charge in [0, 0.05) is 27.7 Å². The van der Waals surface area contributed by atoms with Gasteiger partial charge in [0.05, 0.1) is 6.20 Å². The standard InChI is InChI=1S/C18H21FN2O11/c1-7(22)28-6-12-13(29-8(2)23)14(30-9(3)24)15(31-10(4)25)17(32-12)21-5-11(19)16(26)20-18(21)27/h5,12-15,17H,6H2,1-4H3,(H,20,26,27)/t12-,13-,14-,15+,17-/m0/s1. The highest BCUT2D eigenvalue weighted by molar-refractivity contribution is 5.68. The second kappa shape index (κ2) is 10.2. The maximum Gasteiger partial charge on any atom is 0.330 e. The maximum atomic E-state index is 13.9. The Morgan fingerprint density at radius 3 is 2.00 bits per heavy atom. The second-order valence-electron chi connectivity index (χ2n) is 6.73. The van der Waals surface area contributed by atoms with E-state index in [2.05, 4.69) is 0 Å². The van der Waals surface area contributed by atoms with Gasteiger partial charge in [-0.25, -0.2) is 4.79 Å². The lowest BCUT2D eigenvalue weighted by Crippen LogP contribution is -2.61. The van der Waals surface area contributed by atoms with Crippen molar-refractivity contribution < 1.29 is 47.3 Å². The number of hydrogen-bond donors (Lipinski definition) is 1. The Kier molecular flexibility index (Phi) is 7.86. The van der Waals surface area contributed by atoms with Gasteiger partial charge in [-0.2, -0.15) is 4.39 Å². The first-order valence-electron chi connectivity index (χ1n) is 9.22. The first-order chi connectivity index (χ1) is 14.9. The Hall–Kier alpha value is -3.55. The lowest BCUT2D eigenvalue weighted by atomic mass is 9.97. The van der Waals surface area contributed by atoms with Crippen LogP contribution < -0.4 is 11.2 Å². The van der Waals surface area contributed by atoms with Gasteiger partial charge in [-0.05, 0) is 0 Å². The number of rotatable bonds is 6. The second-order valence-corrected chi connectivity index (χ2v) is 6.73. The molecule has 14 heteroatoms. The van der Waals surface area contributed by atoms with E-state index in [1.165, 1.54) is 0 Å². The summed E-state index contributed by atoms with van der Waals surface area (Å²) >= 11 is 0. The van der Waals surface area contributed by atoms with E-state index in [4.69, 9.17) is 23.7 Å². The van der Waals surface area contributed by atoms with E-state index in [1.807, 2.05) is 0 Å². The number of aromatic nitrogens is 2. The van der Waals surface area contributed by atoms with Gasteiger partial charge < -0.3 is 23.7 Å². The van der Waals surface area contributed by atoms with Crippen molar-refractivity contribution in [3.05, 3.63) is 32.9 Å². The lowest BCUT2D eigenvalue weighted by Gasteiger charge is -2.44. The monoisotopic (exact) mass is 460 g/mol. The Labute approximate surface area is 179 Å². The molecular formula is C18H21FN2O11. The van der Waals surface area contributed by atoms with E-state index in [1.54, 1.807) is 4.98 Å². The minimum Gasteiger partial charge on any atom is -0.463 e. The average Bonchev–Trinajstić information content (AvgIpc) is 2.65. The third-order valence-electron chi connectivity index (χ3n) is 4.16. The Morgan fingerprint density at radius 1 is 0.938 bits per heavy atom. The third kappa shape index (κ3) is 6.00. The fourth-order valence-electron chi connectivity index (χ4n) is 3.08. The van der Waals surface area contributed by atoms with Crippen LogP contribution in [0.4, 0.5) is 4.39 Å². The molecule has 1 saturated heterocycles. The van der Waals surface area contributed by atoms with Gasteiger partial charge >= 0.3 is 29.6 Å². The molecule has 0 aromatic carbocycles. The van der Waals surface area contributed by atoms with Crippen molar-refractivity contribution in [2.75, 3.05) is 6.61 Å². The molecule has 0 saturated carbocycles. The highest BCUT2D eigenvalue weighted by Gasteiger charge is 2.53. The van der Waals surface area contributed by atoms with Crippen molar-refractivity contribution in [2.45, 2.75) is 58.3 Å². The molecule has 5 atom stereocenters. The lowest BCUT2D eigenvalue weighted by molar-refractivity contribution is -0.269. The van der Waals surface area contributed by atoms with Gasteiger partial charge in [-0.1, -0.05) is 0 Å². The molecule has 2 heterocycles. The van der Waals surface area contributed by atoms with Crippen LogP contribution in [0.3, 0.4) is 0 Å². The highest BCUT2D eigenvalue weighted by atomic mass is 19.1. The van der Waals surface area contributed by atoms with Crippen molar-refractivity contribution in [2.24, 2.45) is 0 Å². The van der Waals surface area contributed by atoms with Crippen LogP contribution in [0.15, 0.2) is 15.8 Å². The summed E-state index contributed by atoms with van der Waals surface area (Å²) in [6.07, 6.45) is -7.14. The SMILES string of the molecule is CC(=O)OC[C@@H]1O[C@H](n2cc(F)c(=O)[nH]c2=O)[C@H](OC(C)=O)[C@@H](OC(C)=O)[C@H]1OC(C)=O. The summed E-state index contributed by atoms with van der Waals surface area (Å²) < 4.78 is 40.6. The number of H-pyrrole nitrogens is 1. The van der Waals surface area contributed by atoms with E-state index < -0.39 is 78.2 Å². The number of carbonyl (C=O) groups is 4. The normalized spacial score (nSPS) is 24.8. The predicted molar refractivity (Wildman–Crippen MR) is 98.5 cm³/mol. The third-order valence-corrected chi connectivity index (χ3v) is 4.16. The minimum absolute atomic E-state index is 0.502. The molecule has 13 nitrogen and oxygen atoms in total. The number of esters is 4. The Morgan fingerprint density at radius 2 is 1.47 bits per heavy atom. The smallest absolute Gasteiger partial charge is 0.330 e. The van der Waals surface area contributed by atoms with E-state index in [0.717, 1.165) is 27.7 Å². The number of ether oxygens (including phenoxy) is 5. The van der Waals surface area contributed by atoms with Crippen molar-refractivity contribution in [3.8, 4) is 0 Å². The molecule has 1 aromatic heterocycles. The summed E-state index contributed by atoms with van der Waals surface area (Å²) in [5.41, 5.74) is -2.45. The summed E-state index contributed by atoms with van der Waals surface area (Å²) in [6.45, 7) is 3.63. The first kappa shape index (κ1) is 24.7. The Balaban J connectivity index is 2.65. The topological polar surface area (TPSA) is 169 Å². The minimum atomic E-state index is -1.67. The predicted octanol–water partition coefficient (Wildman–Crippen LogP) is -1.07. The molecule has 0 unspecified atom stereocenters. The van der Waals surface area contributed by atoms with Gasteiger partial charge in [0.1, 0.15) is 12.7 Å². The van der Waals surface area contributed by atoms with E-state index in [9.17, 15) is 33.2 Å². The number of hydrogen-bond acceptors (Lipinski definition) is 11. The molecule has 0 bridgehead atoms. The molecule has 2 rings (SSSR count). The van der Waals surface area contributed by atoms with Gasteiger partial charge in [-0.3, -0.25) is 33.5 Å². The molecule has 176 valence electrons. The number of nitrogens with zero attached hydrogens (tertiary/aromatic N) is 1. The van der Waals surface area contributed by atoms with Crippen LogP contribution in [0.5, 0.6) is 0 Å². The molecule has 1 aliphatic heterocycles. The van der Waals surface area contributed by atoms with E-state index in [-0.39, 0.29) is 0 Å². The summed E-state index contributed by atoms with van der Waals surface area (Å²) in [5.74, 6) is -4.71. The number of aromatic amines is 1. The molecule has 1 N–H and O–H groups in total. The van der Waals surface area contributed by atoms with Crippen LogP contribution in [0.25, 0.3) is 0 Å². The zero-order chi connectivity index (χ0) is 24.2. The van der Waals surface area contributed by atoms with Gasteiger partial charge in [0.25, 0.3) is 5.56 Å². The van der Waals surface area contributed by atoms with Crippen LogP contribution in [0.2, 0.25) is 0 Å². The van der Waals surface area contributed by atoms with Gasteiger partial charge in [-0.15, -0.1) is 0 Å². The van der Waals surface area contributed by atoms with Crippen LogP contribution in [-0.2, 0) is 42.9 Å². The zero-order valence-corrected chi connectivity index (χ0v) is 17.5. The summed E-state index contributed by atoms with van der Waals surface area (Å²) in [5, 5.41) is 0. The van der Waals surface area contributed by atoms with Crippen LogP contribution in [0, 0.1) is 5.82 Å². The Bertz CT molecular complexity index is 1020. The average molecular weight is 460 g/mol. The molecule has 0 spiro atoms. The quantitative estimate of drug-likeness (QED) is 0.405. The van der Waals surface area contributed by atoms with E-state index in [0.29, 0.717) is 10.8 Å². The molecule has 1 aliphatic rings. The zero-order valence-electron chi connectivity index (χ0n) is 17.5. The van der Waals surface area contributed by atoms with Crippen molar-refractivity contribution >= 4 is 23.9 Å². The summed E-state index contributed by atoms with van der Waals surface area (Å²) in [6, 6.07) is 0. The van der Waals surface area contributed by atoms with Crippen molar-refractivity contribution in [1.29, 1.82) is 0 Å². The van der Waals surface area contributed by atoms with Crippen LogP contribution in [-0.4, -0.2) is 64.5 Å². The first-order valence-corrected chi connectivity index (χ1v) is 9.22. The molecule has 1 aromatic rings. The molecule has 0 radical (unpaired) electrons. The fourth-order valence-corrected chi connectivity index (χ4v) is 3.08. The highest BCUT2D eigenvalue weighted by Crippen LogP contribution is 2.34. The van der Waals surface area contributed by atoms with Gasteiger partial charge in [0.2, 0.25) is 5.82 Å². The molecule has 0 aliphatic carbocycles. The number of carbonyl (C=O) groups excluding carboxylic acids is 4. The van der Waals surface area contributed by atoms with Crippen molar-refractivity contribution in [3.63, 3.8) is 0 Å². The largest absolute Gasteiger partial charge is 0.463 e. The number of nitrogens with one attached hydrogen (secondary N) is 1. The molecule has 32 heavy (non-hydrogen) atoms. The molecular weight excluding hydrogens is 439 g/mol. The fraction of sp³-hybridized carbons (Fsp3) is 0.556. The van der Waals surface area contributed by atoms with Gasteiger partial charge in [0.15, 0.2) is 24.5 Å². The van der Waals surface area contributed by atoms with Crippen molar-refractivity contribution in [1.82, 2.24) is 9.55 Å². The number of halogens is 1. The molecule has 1 fully saturated rings. The summed E-state index contributed by atoms with van der Waals surface area (Å²) in [7, 11) is 0.